The molecule has 0 aliphatic rings. The lowest BCUT2D eigenvalue weighted by atomic mass is 10.7. The zero-order valence-electron chi connectivity index (χ0n) is 12.2. The molecule has 0 saturated heterocycles. The minimum absolute atomic E-state index is 0.155. The van der Waals surface area contributed by atoms with E-state index in [1.807, 2.05) is 19.6 Å². The van der Waals surface area contributed by atoms with Crippen LogP contribution in [0.15, 0.2) is 12.0 Å². The first-order chi connectivity index (χ1) is 8.26. The molecule has 0 spiro atoms. The molecule has 0 rings (SSSR count). The largest absolute Gasteiger partial charge is 0.520 e. The maximum Gasteiger partial charge on any atom is 0.334 e. The zero-order chi connectivity index (χ0) is 14.2. The van der Waals surface area contributed by atoms with Gasteiger partial charge in [0.2, 0.25) is 8.32 Å². The number of methoxy groups -OCH3 is 1. The van der Waals surface area contributed by atoms with Gasteiger partial charge in [0.05, 0.1) is 26.5 Å². The van der Waals surface area contributed by atoms with Gasteiger partial charge in [-0.05, 0) is 33.5 Å². The van der Waals surface area contributed by atoms with Gasteiger partial charge in [0.1, 0.15) is 0 Å². The summed E-state index contributed by atoms with van der Waals surface area (Å²) in [6.45, 7) is 10.4. The average Bonchev–Trinajstić information content (AvgIpc) is 2.23. The van der Waals surface area contributed by atoms with Crippen molar-refractivity contribution in [3.05, 3.63) is 12.0 Å². The van der Waals surface area contributed by atoms with E-state index < -0.39 is 15.9 Å². The number of allylic oxidation sites excluding steroid dienone is 1. The Labute approximate surface area is 111 Å². The number of hydrogen-bond donors (Lipinski definition) is 0. The SMILES string of the molecule is CCOP(=O)(C/C=C(\OC)O[Si](C)(C)C)OCC. The fourth-order valence-electron chi connectivity index (χ4n) is 1.19. The van der Waals surface area contributed by atoms with Crippen LogP contribution < -0.4 is 0 Å². The summed E-state index contributed by atoms with van der Waals surface area (Å²) in [5.41, 5.74) is 0. The quantitative estimate of drug-likeness (QED) is 0.370. The van der Waals surface area contributed by atoms with E-state index in [0.29, 0.717) is 19.2 Å². The van der Waals surface area contributed by atoms with Crippen LogP contribution in [0.1, 0.15) is 13.8 Å². The zero-order valence-corrected chi connectivity index (χ0v) is 14.1. The fourth-order valence-corrected chi connectivity index (χ4v) is 3.41. The Kier molecular flexibility index (Phi) is 7.86. The molecule has 0 aromatic rings. The van der Waals surface area contributed by atoms with E-state index in [0.717, 1.165) is 0 Å². The van der Waals surface area contributed by atoms with E-state index in [1.54, 1.807) is 19.9 Å². The van der Waals surface area contributed by atoms with Gasteiger partial charge in [-0.3, -0.25) is 4.57 Å². The van der Waals surface area contributed by atoms with Gasteiger partial charge in [-0.1, -0.05) is 0 Å². The average molecular weight is 296 g/mol. The summed E-state index contributed by atoms with van der Waals surface area (Å²) in [5.74, 6) is 0.383. The predicted molar refractivity (Wildman–Crippen MR) is 75.2 cm³/mol. The molecule has 0 unspecified atom stereocenters. The second-order valence-electron chi connectivity index (χ2n) is 4.57. The topological polar surface area (TPSA) is 54.0 Å². The molecular weight excluding hydrogens is 271 g/mol. The van der Waals surface area contributed by atoms with Gasteiger partial charge < -0.3 is 18.2 Å². The molecule has 5 nitrogen and oxygen atoms in total. The number of ether oxygens (including phenoxy) is 1. The van der Waals surface area contributed by atoms with E-state index in [1.165, 1.54) is 7.11 Å². The fraction of sp³-hybridized carbons (Fsp3) is 0.818. The normalized spacial score (nSPS) is 13.6. The van der Waals surface area contributed by atoms with Crippen LogP contribution in [0.5, 0.6) is 0 Å². The molecule has 0 aliphatic heterocycles. The molecule has 0 radical (unpaired) electrons. The molecule has 0 atom stereocenters. The van der Waals surface area contributed by atoms with Crippen molar-refractivity contribution in [3.8, 4) is 0 Å². The molecule has 0 bridgehead atoms. The highest BCUT2D eigenvalue weighted by molar-refractivity contribution is 7.54. The van der Waals surface area contributed by atoms with Crippen LogP contribution in [0.25, 0.3) is 0 Å². The first-order valence-electron chi connectivity index (χ1n) is 6.07. The monoisotopic (exact) mass is 296 g/mol. The molecule has 7 heteroatoms. The molecule has 18 heavy (non-hydrogen) atoms. The molecule has 0 amide bonds. The summed E-state index contributed by atoms with van der Waals surface area (Å²) >= 11 is 0. The van der Waals surface area contributed by atoms with Crippen molar-refractivity contribution >= 4 is 15.9 Å². The van der Waals surface area contributed by atoms with Crippen molar-refractivity contribution in [3.63, 3.8) is 0 Å². The molecular formula is C11H25O5PSi. The second kappa shape index (κ2) is 7.99. The Morgan fingerprint density at radius 3 is 2.00 bits per heavy atom. The van der Waals surface area contributed by atoms with E-state index in [2.05, 4.69) is 0 Å². The van der Waals surface area contributed by atoms with E-state index >= 15 is 0 Å². The highest BCUT2D eigenvalue weighted by atomic mass is 31.2. The van der Waals surface area contributed by atoms with Crippen LogP contribution in [0.4, 0.5) is 0 Å². The first kappa shape index (κ1) is 17.7. The summed E-state index contributed by atoms with van der Waals surface area (Å²) in [4.78, 5) is 0. The van der Waals surface area contributed by atoms with Gasteiger partial charge in [-0.15, -0.1) is 0 Å². The Bertz CT molecular complexity index is 301. The molecule has 0 N–H and O–H groups in total. The lowest BCUT2D eigenvalue weighted by molar-refractivity contribution is 0.145. The molecule has 0 saturated carbocycles. The molecule has 0 fully saturated rings. The summed E-state index contributed by atoms with van der Waals surface area (Å²) in [6.07, 6.45) is 1.78. The summed E-state index contributed by atoms with van der Waals surface area (Å²) in [5, 5.41) is 0. The summed E-state index contributed by atoms with van der Waals surface area (Å²) in [6, 6.07) is 0. The van der Waals surface area contributed by atoms with Gasteiger partial charge in [0.15, 0.2) is 0 Å². The van der Waals surface area contributed by atoms with E-state index in [4.69, 9.17) is 18.2 Å². The lowest BCUT2D eigenvalue weighted by Crippen LogP contribution is -2.25. The van der Waals surface area contributed by atoms with Gasteiger partial charge in [-0.2, -0.15) is 0 Å². The lowest BCUT2D eigenvalue weighted by Gasteiger charge is -2.21. The maximum absolute atomic E-state index is 12.2. The van der Waals surface area contributed by atoms with Crippen molar-refractivity contribution in [2.24, 2.45) is 0 Å². The van der Waals surface area contributed by atoms with Crippen molar-refractivity contribution in [2.75, 3.05) is 26.5 Å². The third-order valence-corrected chi connectivity index (χ3v) is 4.49. The maximum atomic E-state index is 12.2. The van der Waals surface area contributed by atoms with Crippen LogP contribution in [-0.2, 0) is 22.8 Å². The highest BCUT2D eigenvalue weighted by Crippen LogP contribution is 2.48. The summed E-state index contributed by atoms with van der Waals surface area (Å²) < 4.78 is 33.4. The Morgan fingerprint density at radius 1 is 1.17 bits per heavy atom. The number of rotatable bonds is 9. The second-order valence-corrected chi connectivity index (χ2v) is 11.1. The van der Waals surface area contributed by atoms with Crippen molar-refractivity contribution in [1.82, 2.24) is 0 Å². The van der Waals surface area contributed by atoms with Gasteiger partial charge in [0, 0.05) is 6.08 Å². The molecule has 0 aliphatic carbocycles. The smallest absolute Gasteiger partial charge is 0.334 e. The first-order valence-corrected chi connectivity index (χ1v) is 11.2. The minimum Gasteiger partial charge on any atom is -0.520 e. The van der Waals surface area contributed by atoms with Crippen LogP contribution in [0.3, 0.4) is 0 Å². The predicted octanol–water partition coefficient (Wildman–Crippen LogP) is 3.59. The molecule has 108 valence electrons. The molecule has 0 aromatic heterocycles. The Morgan fingerprint density at radius 2 is 1.67 bits per heavy atom. The standard InChI is InChI=1S/C11H25O5PSi/c1-7-14-17(12,15-8-2)10-9-11(13-3)16-18(4,5)6/h9H,7-8,10H2,1-6H3/b11-9+. The molecule has 0 heterocycles. The van der Waals surface area contributed by atoms with Crippen LogP contribution in [0.2, 0.25) is 19.6 Å². The van der Waals surface area contributed by atoms with Crippen LogP contribution in [0, 0.1) is 0 Å². The van der Waals surface area contributed by atoms with Crippen molar-refractivity contribution in [2.45, 2.75) is 33.5 Å². The molecule has 0 aromatic carbocycles. The van der Waals surface area contributed by atoms with E-state index in [9.17, 15) is 4.57 Å². The third-order valence-electron chi connectivity index (χ3n) is 1.74. The van der Waals surface area contributed by atoms with Gasteiger partial charge in [0.25, 0.3) is 5.95 Å². The highest BCUT2D eigenvalue weighted by Gasteiger charge is 2.24. The third kappa shape index (κ3) is 7.92. The Balaban J connectivity index is 4.67. The van der Waals surface area contributed by atoms with E-state index in [-0.39, 0.29) is 6.16 Å². The van der Waals surface area contributed by atoms with Gasteiger partial charge >= 0.3 is 7.60 Å². The van der Waals surface area contributed by atoms with Crippen LogP contribution in [-0.4, -0.2) is 34.8 Å². The van der Waals surface area contributed by atoms with Gasteiger partial charge in [-0.25, -0.2) is 0 Å². The van der Waals surface area contributed by atoms with Crippen molar-refractivity contribution in [1.29, 1.82) is 0 Å². The summed E-state index contributed by atoms with van der Waals surface area (Å²) in [7, 11) is -3.29. The number of hydrogen-bond acceptors (Lipinski definition) is 5. The van der Waals surface area contributed by atoms with Crippen molar-refractivity contribution < 1.29 is 22.8 Å². The van der Waals surface area contributed by atoms with Crippen LogP contribution >= 0.6 is 7.60 Å². The Hall–Kier alpha value is -0.293. The minimum atomic E-state index is -3.07.